The van der Waals surface area contributed by atoms with Crippen molar-refractivity contribution in [1.29, 1.82) is 0 Å². The van der Waals surface area contributed by atoms with Gasteiger partial charge in [0.05, 0.1) is 6.54 Å². The van der Waals surface area contributed by atoms with Gasteiger partial charge in [-0.05, 0) is 25.9 Å². The molecule has 0 aromatic rings. The Kier molecular flexibility index (Phi) is 10.0. The Labute approximate surface area is 98.4 Å². The highest BCUT2D eigenvalue weighted by atomic mass is 16.2. The number of unbranched alkanes of at least 4 members (excludes halogenated alkanes) is 3. The molecule has 1 amide bonds. The molecule has 0 saturated heterocycles. The third-order valence-electron chi connectivity index (χ3n) is 2.58. The number of nitrogens with one attached hydrogen (secondary N) is 1. The second-order valence-electron chi connectivity index (χ2n) is 3.83. The van der Waals surface area contributed by atoms with Gasteiger partial charge < -0.3 is 10.1 Å². The maximum absolute atomic E-state index is 11.5. The lowest BCUT2D eigenvalue weighted by molar-refractivity contribution is -0.122. The maximum Gasteiger partial charge on any atom is 0.234 e. The van der Waals surface area contributed by atoms with E-state index in [1.807, 2.05) is 0 Å². The highest BCUT2D eigenvalue weighted by Gasteiger charge is 2.05. The topological polar surface area (TPSA) is 49.4 Å². The number of amides is 1. The summed E-state index contributed by atoms with van der Waals surface area (Å²) >= 11 is 0. The van der Waals surface area contributed by atoms with Crippen LogP contribution in [-0.4, -0.2) is 43.3 Å². The van der Waals surface area contributed by atoms with Gasteiger partial charge in [0, 0.05) is 13.0 Å². The summed E-state index contributed by atoms with van der Waals surface area (Å²) < 4.78 is 0. The fourth-order valence-corrected chi connectivity index (χ4v) is 1.46. The van der Waals surface area contributed by atoms with Gasteiger partial charge in [0.2, 0.25) is 5.91 Å². The van der Waals surface area contributed by atoms with Crippen LogP contribution in [0.3, 0.4) is 0 Å². The number of hydrogen-bond donors (Lipinski definition) is 1. The van der Waals surface area contributed by atoms with Crippen molar-refractivity contribution in [2.75, 3.05) is 26.2 Å². The number of carbonyl (C=O) groups excluding carboxylic acids is 2. The Morgan fingerprint density at radius 3 is 2.44 bits per heavy atom. The van der Waals surface area contributed by atoms with Crippen LogP contribution in [0.5, 0.6) is 0 Å². The fourth-order valence-electron chi connectivity index (χ4n) is 1.46. The Morgan fingerprint density at radius 1 is 1.19 bits per heavy atom. The summed E-state index contributed by atoms with van der Waals surface area (Å²) in [7, 11) is 0. The fraction of sp³-hybridized carbons (Fsp3) is 0.833. The van der Waals surface area contributed by atoms with Gasteiger partial charge in [-0.3, -0.25) is 9.69 Å². The molecule has 4 nitrogen and oxygen atoms in total. The molecule has 0 aliphatic heterocycles. The quantitative estimate of drug-likeness (QED) is 0.451. The Hall–Kier alpha value is -0.900. The number of aldehydes is 1. The molecule has 0 saturated carbocycles. The SMILES string of the molecule is CCN(CC)CC(=O)NCCCCCC=O. The van der Waals surface area contributed by atoms with Crippen LogP contribution in [0.15, 0.2) is 0 Å². The molecular formula is C12H24N2O2. The molecule has 0 aromatic carbocycles. The molecule has 0 rings (SSSR count). The van der Waals surface area contributed by atoms with Crippen LogP contribution in [0.25, 0.3) is 0 Å². The van der Waals surface area contributed by atoms with Crippen molar-refractivity contribution >= 4 is 12.2 Å². The lowest BCUT2D eigenvalue weighted by Crippen LogP contribution is -2.37. The van der Waals surface area contributed by atoms with Crippen molar-refractivity contribution in [2.24, 2.45) is 0 Å². The van der Waals surface area contributed by atoms with E-state index in [4.69, 9.17) is 0 Å². The number of likely N-dealkylation sites (N-methyl/N-ethyl adjacent to an activating group) is 1. The summed E-state index contributed by atoms with van der Waals surface area (Å²) in [6.45, 7) is 7.12. The van der Waals surface area contributed by atoms with Crippen LogP contribution in [0, 0.1) is 0 Å². The summed E-state index contributed by atoms with van der Waals surface area (Å²) in [5.41, 5.74) is 0. The first-order valence-electron chi connectivity index (χ1n) is 6.17. The molecule has 1 N–H and O–H groups in total. The highest BCUT2D eigenvalue weighted by molar-refractivity contribution is 5.77. The van der Waals surface area contributed by atoms with E-state index in [-0.39, 0.29) is 5.91 Å². The monoisotopic (exact) mass is 228 g/mol. The maximum atomic E-state index is 11.5. The van der Waals surface area contributed by atoms with E-state index in [9.17, 15) is 9.59 Å². The smallest absolute Gasteiger partial charge is 0.234 e. The normalized spacial score (nSPS) is 10.4. The van der Waals surface area contributed by atoms with E-state index in [0.717, 1.165) is 45.2 Å². The Bertz CT molecular complexity index is 191. The number of hydrogen-bond acceptors (Lipinski definition) is 3. The molecule has 0 aliphatic rings. The largest absolute Gasteiger partial charge is 0.355 e. The van der Waals surface area contributed by atoms with Gasteiger partial charge in [-0.2, -0.15) is 0 Å². The number of carbonyl (C=O) groups is 2. The average molecular weight is 228 g/mol. The highest BCUT2D eigenvalue weighted by Crippen LogP contribution is 1.96. The van der Waals surface area contributed by atoms with Crippen LogP contribution >= 0.6 is 0 Å². The van der Waals surface area contributed by atoms with E-state index in [1.54, 1.807) is 0 Å². The molecular weight excluding hydrogens is 204 g/mol. The molecule has 4 heteroatoms. The molecule has 0 aliphatic carbocycles. The lowest BCUT2D eigenvalue weighted by Gasteiger charge is -2.17. The molecule has 0 radical (unpaired) electrons. The van der Waals surface area contributed by atoms with E-state index in [2.05, 4.69) is 24.1 Å². The predicted molar refractivity (Wildman–Crippen MR) is 65.3 cm³/mol. The zero-order chi connectivity index (χ0) is 12.2. The predicted octanol–water partition coefficient (Wildman–Crippen LogP) is 1.20. The molecule has 0 atom stereocenters. The average Bonchev–Trinajstić information content (AvgIpc) is 2.30. The summed E-state index contributed by atoms with van der Waals surface area (Å²) in [4.78, 5) is 23.6. The Balaban J connectivity index is 3.39. The van der Waals surface area contributed by atoms with Crippen LogP contribution in [-0.2, 0) is 9.59 Å². The molecule has 0 unspecified atom stereocenters. The molecule has 0 fully saturated rings. The lowest BCUT2D eigenvalue weighted by atomic mass is 10.2. The summed E-state index contributed by atoms with van der Waals surface area (Å²) in [5, 5.41) is 2.89. The van der Waals surface area contributed by atoms with E-state index >= 15 is 0 Å². The van der Waals surface area contributed by atoms with Gasteiger partial charge in [-0.15, -0.1) is 0 Å². The van der Waals surface area contributed by atoms with Crippen molar-refractivity contribution in [3.63, 3.8) is 0 Å². The number of nitrogens with zero attached hydrogens (tertiary/aromatic N) is 1. The first kappa shape index (κ1) is 15.1. The molecule has 0 spiro atoms. The summed E-state index contributed by atoms with van der Waals surface area (Å²) in [5.74, 6) is 0.0964. The van der Waals surface area contributed by atoms with Crippen molar-refractivity contribution in [1.82, 2.24) is 10.2 Å². The van der Waals surface area contributed by atoms with Crippen LogP contribution in [0.2, 0.25) is 0 Å². The summed E-state index contributed by atoms with van der Waals surface area (Å²) in [6, 6.07) is 0. The van der Waals surface area contributed by atoms with E-state index < -0.39 is 0 Å². The number of rotatable bonds is 10. The van der Waals surface area contributed by atoms with Crippen molar-refractivity contribution in [3.05, 3.63) is 0 Å². The van der Waals surface area contributed by atoms with Gasteiger partial charge in [-0.25, -0.2) is 0 Å². The van der Waals surface area contributed by atoms with Gasteiger partial charge in [0.25, 0.3) is 0 Å². The molecule has 0 aromatic heterocycles. The standard InChI is InChI=1S/C12H24N2O2/c1-3-14(4-2)11-12(16)13-9-7-5-6-8-10-15/h10H,3-9,11H2,1-2H3,(H,13,16). The first-order valence-corrected chi connectivity index (χ1v) is 6.17. The van der Waals surface area contributed by atoms with Crippen molar-refractivity contribution in [2.45, 2.75) is 39.5 Å². The molecule has 16 heavy (non-hydrogen) atoms. The third kappa shape index (κ3) is 8.41. The Morgan fingerprint density at radius 2 is 1.88 bits per heavy atom. The van der Waals surface area contributed by atoms with Crippen molar-refractivity contribution < 1.29 is 9.59 Å². The van der Waals surface area contributed by atoms with E-state index in [0.29, 0.717) is 13.0 Å². The second kappa shape index (κ2) is 10.6. The van der Waals surface area contributed by atoms with Gasteiger partial charge >= 0.3 is 0 Å². The molecule has 94 valence electrons. The first-order chi connectivity index (χ1) is 7.74. The molecule has 0 heterocycles. The van der Waals surface area contributed by atoms with E-state index in [1.165, 1.54) is 0 Å². The van der Waals surface area contributed by atoms with Crippen molar-refractivity contribution in [3.8, 4) is 0 Å². The second-order valence-corrected chi connectivity index (χ2v) is 3.83. The molecule has 0 bridgehead atoms. The summed E-state index contributed by atoms with van der Waals surface area (Å²) in [6.07, 6.45) is 4.46. The third-order valence-corrected chi connectivity index (χ3v) is 2.58. The minimum absolute atomic E-state index is 0.0964. The zero-order valence-electron chi connectivity index (χ0n) is 10.5. The van der Waals surface area contributed by atoms with Crippen LogP contribution < -0.4 is 5.32 Å². The van der Waals surface area contributed by atoms with Gasteiger partial charge in [-0.1, -0.05) is 20.3 Å². The van der Waals surface area contributed by atoms with Gasteiger partial charge in [0.15, 0.2) is 0 Å². The van der Waals surface area contributed by atoms with Crippen LogP contribution in [0.4, 0.5) is 0 Å². The van der Waals surface area contributed by atoms with Gasteiger partial charge in [0.1, 0.15) is 6.29 Å². The minimum atomic E-state index is 0.0964. The van der Waals surface area contributed by atoms with Crippen LogP contribution in [0.1, 0.15) is 39.5 Å². The minimum Gasteiger partial charge on any atom is -0.355 e. The zero-order valence-corrected chi connectivity index (χ0v) is 10.5.